The number of ether oxygens (including phenoxy) is 1. The summed E-state index contributed by atoms with van der Waals surface area (Å²) in [6.07, 6.45) is -1.05. The van der Waals surface area contributed by atoms with Gasteiger partial charge in [-0.1, -0.05) is 44.2 Å². The SMILES string of the molecule is CC(=O)N1C[C@H]2CNC(=O)[C@H](CC(C)C)NC(=O)CN(C)C(=O)[C@@H](Cc3ccccc3)NC(=O)[C@@H](C1)O2. The zero-order valence-electron chi connectivity index (χ0n) is 21.9. The Morgan fingerprint density at radius 2 is 1.73 bits per heavy atom. The first-order valence-corrected chi connectivity index (χ1v) is 12.6. The van der Waals surface area contributed by atoms with Crippen molar-refractivity contribution in [1.82, 2.24) is 25.8 Å². The topological polar surface area (TPSA) is 137 Å². The van der Waals surface area contributed by atoms with E-state index in [2.05, 4.69) is 16.0 Å². The molecule has 0 aliphatic carbocycles. The van der Waals surface area contributed by atoms with Crippen molar-refractivity contribution in [2.75, 3.05) is 33.2 Å². The molecular formula is C26H37N5O6. The Bertz CT molecular complexity index is 1000. The fourth-order valence-electron chi connectivity index (χ4n) is 4.51. The average Bonchev–Trinajstić information content (AvgIpc) is 2.85. The van der Waals surface area contributed by atoms with Crippen LogP contribution < -0.4 is 16.0 Å². The van der Waals surface area contributed by atoms with Gasteiger partial charge < -0.3 is 30.5 Å². The van der Waals surface area contributed by atoms with Crippen molar-refractivity contribution < 1.29 is 28.7 Å². The summed E-state index contributed by atoms with van der Waals surface area (Å²) >= 11 is 0. The average molecular weight is 516 g/mol. The van der Waals surface area contributed by atoms with Gasteiger partial charge in [0.2, 0.25) is 23.6 Å². The van der Waals surface area contributed by atoms with Crippen LogP contribution in [-0.4, -0.2) is 96.9 Å². The molecule has 0 radical (unpaired) electrons. The van der Waals surface area contributed by atoms with Crippen LogP contribution in [-0.2, 0) is 35.1 Å². The lowest BCUT2D eigenvalue weighted by Gasteiger charge is -2.37. The number of likely N-dealkylation sites (N-methyl/N-ethyl adjacent to an activating group) is 1. The van der Waals surface area contributed by atoms with Crippen molar-refractivity contribution in [3.63, 3.8) is 0 Å². The fourth-order valence-corrected chi connectivity index (χ4v) is 4.51. The lowest BCUT2D eigenvalue weighted by atomic mass is 10.0. The fraction of sp³-hybridized carbons (Fsp3) is 0.577. The van der Waals surface area contributed by atoms with Crippen molar-refractivity contribution in [2.45, 2.75) is 57.9 Å². The van der Waals surface area contributed by atoms with Crippen molar-refractivity contribution in [2.24, 2.45) is 5.92 Å². The monoisotopic (exact) mass is 515 g/mol. The van der Waals surface area contributed by atoms with Crippen molar-refractivity contribution >= 4 is 29.5 Å². The second-order valence-corrected chi connectivity index (χ2v) is 10.1. The molecule has 37 heavy (non-hydrogen) atoms. The molecule has 0 unspecified atom stereocenters. The summed E-state index contributed by atoms with van der Waals surface area (Å²) < 4.78 is 5.97. The Morgan fingerprint density at radius 1 is 1.03 bits per heavy atom. The van der Waals surface area contributed by atoms with Gasteiger partial charge in [0.15, 0.2) is 6.10 Å². The predicted octanol–water partition coefficient (Wildman–Crippen LogP) is -0.551. The molecule has 1 aromatic rings. The summed E-state index contributed by atoms with van der Waals surface area (Å²) in [5, 5.41) is 8.30. The number of rotatable bonds is 4. The molecule has 3 N–H and O–H groups in total. The van der Waals surface area contributed by atoms with Crippen molar-refractivity contribution in [3.05, 3.63) is 35.9 Å². The Morgan fingerprint density at radius 3 is 2.38 bits per heavy atom. The minimum Gasteiger partial charge on any atom is -0.360 e. The number of nitrogens with one attached hydrogen (secondary N) is 3. The summed E-state index contributed by atoms with van der Waals surface area (Å²) in [4.78, 5) is 67.3. The highest BCUT2D eigenvalue weighted by Gasteiger charge is 2.37. The normalized spacial score (nSPS) is 26.1. The highest BCUT2D eigenvalue weighted by atomic mass is 16.5. The summed E-state index contributed by atoms with van der Waals surface area (Å²) in [7, 11) is 1.48. The summed E-state index contributed by atoms with van der Waals surface area (Å²) in [6, 6.07) is 7.46. The molecule has 2 heterocycles. The van der Waals surface area contributed by atoms with Gasteiger partial charge in [-0.3, -0.25) is 24.0 Å². The first-order chi connectivity index (χ1) is 17.5. The van der Waals surface area contributed by atoms with E-state index in [9.17, 15) is 24.0 Å². The molecule has 2 aliphatic heterocycles. The van der Waals surface area contributed by atoms with E-state index in [1.54, 1.807) is 0 Å². The predicted molar refractivity (Wildman–Crippen MR) is 135 cm³/mol. The quantitative estimate of drug-likeness (QED) is 0.492. The minimum absolute atomic E-state index is 0.0315. The summed E-state index contributed by atoms with van der Waals surface area (Å²) in [6.45, 7) is 5.31. The zero-order chi connectivity index (χ0) is 27.1. The van der Waals surface area contributed by atoms with Crippen LogP contribution in [0.4, 0.5) is 0 Å². The maximum atomic E-state index is 13.4. The van der Waals surface area contributed by atoms with Crippen LogP contribution in [0.25, 0.3) is 0 Å². The molecule has 0 saturated carbocycles. The number of hydrogen-bond acceptors (Lipinski definition) is 6. The van der Waals surface area contributed by atoms with Crippen LogP contribution in [0.1, 0.15) is 32.8 Å². The highest BCUT2D eigenvalue weighted by Crippen LogP contribution is 2.14. The molecule has 5 amide bonds. The number of carbonyl (C=O) groups excluding carboxylic acids is 5. The molecule has 0 aromatic heterocycles. The molecule has 11 heteroatoms. The van der Waals surface area contributed by atoms with Gasteiger partial charge in [-0.25, -0.2) is 0 Å². The number of amides is 5. The molecular weight excluding hydrogens is 478 g/mol. The number of fused-ring (bicyclic) bond motifs is 2. The van der Waals surface area contributed by atoms with E-state index in [-0.39, 0.29) is 44.4 Å². The van der Waals surface area contributed by atoms with Crippen LogP contribution in [0, 0.1) is 5.92 Å². The Labute approximate surface area is 217 Å². The Balaban J connectivity index is 1.92. The van der Waals surface area contributed by atoms with Crippen LogP contribution in [0.5, 0.6) is 0 Å². The molecule has 1 aromatic carbocycles. The van der Waals surface area contributed by atoms with Crippen molar-refractivity contribution in [1.29, 1.82) is 0 Å². The number of morpholine rings is 1. The van der Waals surface area contributed by atoms with Crippen LogP contribution in [0.2, 0.25) is 0 Å². The molecule has 3 rings (SSSR count). The van der Waals surface area contributed by atoms with E-state index in [4.69, 9.17) is 4.74 Å². The number of carbonyl (C=O) groups is 5. The molecule has 0 spiro atoms. The number of hydrogen-bond donors (Lipinski definition) is 3. The molecule has 2 aliphatic rings. The minimum atomic E-state index is -1.02. The lowest BCUT2D eigenvalue weighted by Crippen LogP contribution is -2.59. The highest BCUT2D eigenvalue weighted by molar-refractivity contribution is 5.93. The molecule has 2 bridgehead atoms. The Kier molecular flexibility index (Phi) is 9.62. The largest absolute Gasteiger partial charge is 0.360 e. The van der Waals surface area contributed by atoms with E-state index in [1.807, 2.05) is 44.2 Å². The van der Waals surface area contributed by atoms with Gasteiger partial charge in [0.25, 0.3) is 5.91 Å². The summed E-state index contributed by atoms with van der Waals surface area (Å²) in [5.41, 5.74) is 0.830. The van der Waals surface area contributed by atoms with Gasteiger partial charge in [0, 0.05) is 33.5 Å². The maximum absolute atomic E-state index is 13.4. The van der Waals surface area contributed by atoms with Gasteiger partial charge in [-0.05, 0) is 17.9 Å². The number of benzene rings is 1. The molecule has 4 atom stereocenters. The van der Waals surface area contributed by atoms with Crippen LogP contribution in [0.15, 0.2) is 30.3 Å². The van der Waals surface area contributed by atoms with E-state index < -0.39 is 47.9 Å². The molecule has 11 nitrogen and oxygen atoms in total. The first-order valence-electron chi connectivity index (χ1n) is 12.6. The van der Waals surface area contributed by atoms with Gasteiger partial charge in [-0.2, -0.15) is 0 Å². The van der Waals surface area contributed by atoms with E-state index in [0.29, 0.717) is 6.42 Å². The van der Waals surface area contributed by atoms with Gasteiger partial charge in [-0.15, -0.1) is 0 Å². The maximum Gasteiger partial charge on any atom is 0.251 e. The third-order valence-corrected chi connectivity index (χ3v) is 6.42. The van der Waals surface area contributed by atoms with E-state index in [1.165, 1.54) is 23.8 Å². The third-order valence-electron chi connectivity index (χ3n) is 6.42. The summed E-state index contributed by atoms with van der Waals surface area (Å²) in [5.74, 6) is -1.97. The zero-order valence-corrected chi connectivity index (χ0v) is 21.9. The molecule has 202 valence electrons. The second-order valence-electron chi connectivity index (χ2n) is 10.1. The van der Waals surface area contributed by atoms with E-state index >= 15 is 0 Å². The third kappa shape index (κ3) is 8.01. The van der Waals surface area contributed by atoms with Gasteiger partial charge in [0.1, 0.15) is 12.1 Å². The van der Waals surface area contributed by atoms with E-state index in [0.717, 1.165) is 5.56 Å². The first kappa shape index (κ1) is 28.1. The lowest BCUT2D eigenvalue weighted by molar-refractivity contribution is -0.156. The number of nitrogens with zero attached hydrogens (tertiary/aromatic N) is 2. The molecule has 2 fully saturated rings. The van der Waals surface area contributed by atoms with Crippen LogP contribution >= 0.6 is 0 Å². The Hall–Kier alpha value is -3.47. The smallest absolute Gasteiger partial charge is 0.251 e. The van der Waals surface area contributed by atoms with Crippen molar-refractivity contribution in [3.8, 4) is 0 Å². The van der Waals surface area contributed by atoms with Crippen LogP contribution in [0.3, 0.4) is 0 Å². The standard InChI is InChI=1S/C26H37N5O6/c1-16(2)10-20-24(34)27-12-19-13-31(17(3)32)14-22(37-19)25(35)29-21(11-18-8-6-5-7-9-18)26(36)30(4)15-23(33)28-20/h5-9,16,19-22H,10-15H2,1-4H3,(H,27,34)(H,28,33)(H,29,35)/t19-,20+,21-,22-/m1/s1. The van der Waals surface area contributed by atoms with Gasteiger partial charge >= 0.3 is 0 Å². The van der Waals surface area contributed by atoms with Gasteiger partial charge in [0.05, 0.1) is 19.2 Å². The second kappa shape index (κ2) is 12.7. The molecule has 2 saturated heterocycles.